The van der Waals surface area contributed by atoms with Crippen LogP contribution in [0.3, 0.4) is 0 Å². The first-order valence-electron chi connectivity index (χ1n) is 5.85. The molecule has 8 nitrogen and oxygen atoms in total. The van der Waals surface area contributed by atoms with E-state index in [4.69, 9.17) is 0 Å². The number of tetrazole rings is 1. The zero-order valence-corrected chi connectivity index (χ0v) is 9.87. The molecule has 2 aromatic heterocycles. The van der Waals surface area contributed by atoms with E-state index in [1.165, 1.54) is 4.63 Å². The van der Waals surface area contributed by atoms with Crippen LogP contribution in [0.1, 0.15) is 19.8 Å². The molecule has 0 aliphatic heterocycles. The molecule has 2 heterocycles. The van der Waals surface area contributed by atoms with Crippen molar-refractivity contribution in [1.29, 1.82) is 0 Å². The second-order valence-corrected chi connectivity index (χ2v) is 4.39. The summed E-state index contributed by atoms with van der Waals surface area (Å²) in [5.74, 6) is 0.546. The van der Waals surface area contributed by atoms with E-state index >= 15 is 0 Å². The maximum absolute atomic E-state index is 11.8. The van der Waals surface area contributed by atoms with Gasteiger partial charge < -0.3 is 10.6 Å². The van der Waals surface area contributed by atoms with Crippen molar-refractivity contribution in [3.05, 3.63) is 12.1 Å². The van der Waals surface area contributed by atoms with E-state index in [0.717, 1.165) is 12.8 Å². The summed E-state index contributed by atoms with van der Waals surface area (Å²) in [6.45, 7) is 1.79. The Bertz CT molecular complexity index is 576. The van der Waals surface area contributed by atoms with Gasteiger partial charge in [0.2, 0.25) is 5.91 Å². The van der Waals surface area contributed by atoms with Gasteiger partial charge in [-0.1, -0.05) is 0 Å². The highest BCUT2D eigenvalue weighted by molar-refractivity contribution is 5.84. The second kappa shape index (κ2) is 4.21. The van der Waals surface area contributed by atoms with Crippen LogP contribution in [0.15, 0.2) is 12.1 Å². The van der Waals surface area contributed by atoms with E-state index in [-0.39, 0.29) is 11.9 Å². The summed E-state index contributed by atoms with van der Waals surface area (Å²) in [5, 5.41) is 21.0. The minimum atomic E-state index is -0.341. The van der Waals surface area contributed by atoms with Crippen LogP contribution >= 0.6 is 0 Å². The third-order valence-electron chi connectivity index (χ3n) is 2.75. The summed E-state index contributed by atoms with van der Waals surface area (Å²) in [6.07, 6.45) is 2.15. The summed E-state index contributed by atoms with van der Waals surface area (Å²) < 4.78 is 1.31. The van der Waals surface area contributed by atoms with E-state index in [1.54, 1.807) is 19.1 Å². The molecular formula is C10H13N7O. The lowest BCUT2D eigenvalue weighted by Crippen LogP contribution is -2.38. The van der Waals surface area contributed by atoms with Gasteiger partial charge in [-0.2, -0.15) is 0 Å². The van der Waals surface area contributed by atoms with Crippen LogP contribution in [0.4, 0.5) is 5.82 Å². The molecule has 0 aromatic carbocycles. The molecular weight excluding hydrogens is 234 g/mol. The lowest BCUT2D eigenvalue weighted by atomic mass is 10.3. The van der Waals surface area contributed by atoms with Crippen molar-refractivity contribution in [3.63, 3.8) is 0 Å². The van der Waals surface area contributed by atoms with Crippen LogP contribution in [-0.2, 0) is 4.79 Å². The van der Waals surface area contributed by atoms with Crippen LogP contribution in [0.5, 0.6) is 0 Å². The number of hydrogen-bond acceptors (Lipinski definition) is 6. The standard InChI is InChI=1S/C10H13N7O/c1-6(10(18)12-7-2-3-7)11-8-4-5-9-13-15-16-17(9)14-8/h4-7H,2-3H2,1H3,(H,11,14)(H,12,18). The van der Waals surface area contributed by atoms with Crippen molar-refractivity contribution in [2.45, 2.75) is 31.8 Å². The molecule has 94 valence electrons. The number of carbonyl (C=O) groups excluding carboxylic acids is 1. The van der Waals surface area contributed by atoms with Crippen molar-refractivity contribution in [3.8, 4) is 0 Å². The van der Waals surface area contributed by atoms with E-state index < -0.39 is 0 Å². The van der Waals surface area contributed by atoms with Gasteiger partial charge in [0.15, 0.2) is 5.65 Å². The van der Waals surface area contributed by atoms with E-state index in [9.17, 15) is 4.79 Å². The highest BCUT2D eigenvalue weighted by atomic mass is 16.2. The summed E-state index contributed by atoms with van der Waals surface area (Å²) in [6, 6.07) is 3.50. The van der Waals surface area contributed by atoms with Crippen LogP contribution in [0.2, 0.25) is 0 Å². The van der Waals surface area contributed by atoms with Gasteiger partial charge in [-0.3, -0.25) is 4.79 Å². The predicted octanol–water partition coefficient (Wildman–Crippen LogP) is -0.402. The number of rotatable bonds is 4. The largest absolute Gasteiger partial charge is 0.357 e. The Hall–Kier alpha value is -2.25. The van der Waals surface area contributed by atoms with Gasteiger partial charge in [-0.15, -0.1) is 14.8 Å². The molecule has 2 N–H and O–H groups in total. The summed E-state index contributed by atoms with van der Waals surface area (Å²) in [5.41, 5.74) is 0.565. The highest BCUT2D eigenvalue weighted by Crippen LogP contribution is 2.18. The first-order chi connectivity index (χ1) is 8.72. The number of hydrogen-bond donors (Lipinski definition) is 2. The quantitative estimate of drug-likeness (QED) is 0.763. The van der Waals surface area contributed by atoms with Gasteiger partial charge in [0, 0.05) is 6.04 Å². The number of amides is 1. The van der Waals surface area contributed by atoms with Crippen molar-refractivity contribution in [2.75, 3.05) is 5.32 Å². The normalized spacial score (nSPS) is 16.5. The zero-order valence-electron chi connectivity index (χ0n) is 9.87. The lowest BCUT2D eigenvalue weighted by Gasteiger charge is -2.13. The maximum Gasteiger partial charge on any atom is 0.242 e. The van der Waals surface area contributed by atoms with Crippen LogP contribution in [-0.4, -0.2) is 43.2 Å². The SMILES string of the molecule is CC(Nc1ccc2nnnn2n1)C(=O)NC1CC1. The monoisotopic (exact) mass is 247 g/mol. The van der Waals surface area contributed by atoms with Crippen molar-refractivity contribution < 1.29 is 4.79 Å². The second-order valence-electron chi connectivity index (χ2n) is 4.39. The maximum atomic E-state index is 11.8. The fourth-order valence-electron chi connectivity index (χ4n) is 1.57. The fraction of sp³-hybridized carbons (Fsp3) is 0.500. The molecule has 1 aliphatic rings. The molecule has 1 unspecified atom stereocenters. The highest BCUT2D eigenvalue weighted by Gasteiger charge is 2.25. The molecule has 1 saturated carbocycles. The number of fused-ring (bicyclic) bond motifs is 1. The van der Waals surface area contributed by atoms with E-state index in [1.807, 2.05) is 0 Å². The molecule has 1 atom stereocenters. The van der Waals surface area contributed by atoms with Crippen LogP contribution in [0, 0.1) is 0 Å². The third-order valence-corrected chi connectivity index (χ3v) is 2.75. The average molecular weight is 247 g/mol. The minimum absolute atomic E-state index is 0.0175. The van der Waals surface area contributed by atoms with Crippen LogP contribution in [0.25, 0.3) is 5.65 Å². The molecule has 3 rings (SSSR count). The average Bonchev–Trinajstić information content (AvgIpc) is 3.05. The predicted molar refractivity (Wildman–Crippen MR) is 62.8 cm³/mol. The molecule has 0 saturated heterocycles. The minimum Gasteiger partial charge on any atom is -0.357 e. The molecule has 1 aliphatic carbocycles. The summed E-state index contributed by atoms with van der Waals surface area (Å²) >= 11 is 0. The smallest absolute Gasteiger partial charge is 0.242 e. The summed E-state index contributed by atoms with van der Waals surface area (Å²) in [4.78, 5) is 11.8. The Balaban J connectivity index is 1.68. The lowest BCUT2D eigenvalue weighted by molar-refractivity contribution is -0.121. The molecule has 0 bridgehead atoms. The Morgan fingerprint density at radius 1 is 1.50 bits per heavy atom. The van der Waals surface area contributed by atoms with Gasteiger partial charge >= 0.3 is 0 Å². The number of nitrogens with one attached hydrogen (secondary N) is 2. The Kier molecular flexibility index (Phi) is 2.54. The third kappa shape index (κ3) is 2.22. The Morgan fingerprint density at radius 2 is 2.33 bits per heavy atom. The first-order valence-corrected chi connectivity index (χ1v) is 5.85. The van der Waals surface area contributed by atoms with Crippen molar-refractivity contribution in [2.24, 2.45) is 0 Å². The number of anilines is 1. The molecule has 8 heteroatoms. The molecule has 18 heavy (non-hydrogen) atoms. The fourth-order valence-corrected chi connectivity index (χ4v) is 1.57. The van der Waals surface area contributed by atoms with Crippen molar-refractivity contribution in [1.82, 2.24) is 30.6 Å². The van der Waals surface area contributed by atoms with Crippen LogP contribution < -0.4 is 10.6 Å². The van der Waals surface area contributed by atoms with Gasteiger partial charge in [0.1, 0.15) is 11.9 Å². The van der Waals surface area contributed by atoms with Gasteiger partial charge in [-0.25, -0.2) is 0 Å². The first kappa shape index (κ1) is 10.9. The van der Waals surface area contributed by atoms with Gasteiger partial charge in [-0.05, 0) is 42.3 Å². The molecule has 1 fully saturated rings. The molecule has 2 aromatic rings. The van der Waals surface area contributed by atoms with E-state index in [0.29, 0.717) is 17.5 Å². The molecule has 0 radical (unpaired) electrons. The zero-order chi connectivity index (χ0) is 12.5. The number of aromatic nitrogens is 5. The Morgan fingerprint density at radius 3 is 3.11 bits per heavy atom. The summed E-state index contributed by atoms with van der Waals surface area (Å²) in [7, 11) is 0. The molecule has 0 spiro atoms. The number of nitrogens with zero attached hydrogens (tertiary/aromatic N) is 5. The van der Waals surface area contributed by atoms with Gasteiger partial charge in [0.05, 0.1) is 0 Å². The van der Waals surface area contributed by atoms with E-state index in [2.05, 4.69) is 31.3 Å². The number of carbonyl (C=O) groups is 1. The molecule has 1 amide bonds. The van der Waals surface area contributed by atoms with Crippen molar-refractivity contribution >= 4 is 17.4 Å². The topological polar surface area (TPSA) is 97.1 Å². The van der Waals surface area contributed by atoms with Gasteiger partial charge in [0.25, 0.3) is 0 Å². The Labute approximate surface area is 103 Å².